The van der Waals surface area contributed by atoms with Crippen molar-refractivity contribution in [2.45, 2.75) is 24.9 Å². The maximum atomic E-state index is 13.1. The number of fused-ring (bicyclic) bond motifs is 2. The lowest BCUT2D eigenvalue weighted by Gasteiger charge is -2.45. The van der Waals surface area contributed by atoms with Gasteiger partial charge >= 0.3 is 0 Å². The van der Waals surface area contributed by atoms with Gasteiger partial charge in [0.05, 0.1) is 27.9 Å². The standard InChI is InChI=1S/C23H27NO5/c1-26-18-13-17(14-19(15-18)27-2)22(25)24-10-8-23(9-11-24)21-16(7-12-29-23)5-4-6-20(21)28-3/h4-6,13-15H,7-12H2,1-3H3. The first-order chi connectivity index (χ1) is 14.1. The second-order valence-electron chi connectivity index (χ2n) is 7.48. The van der Waals surface area contributed by atoms with Gasteiger partial charge in [0.2, 0.25) is 0 Å². The van der Waals surface area contributed by atoms with Gasteiger partial charge in [-0.1, -0.05) is 12.1 Å². The number of benzene rings is 2. The molecule has 2 aliphatic rings. The van der Waals surface area contributed by atoms with Crippen LogP contribution in [0.1, 0.15) is 34.3 Å². The summed E-state index contributed by atoms with van der Waals surface area (Å²) in [5.74, 6) is 2.07. The van der Waals surface area contributed by atoms with Crippen LogP contribution in [0, 0.1) is 0 Å². The number of ether oxygens (including phenoxy) is 4. The number of rotatable bonds is 4. The third-order valence-electron chi connectivity index (χ3n) is 5.99. The van der Waals surface area contributed by atoms with Crippen molar-refractivity contribution in [1.82, 2.24) is 4.90 Å². The Morgan fingerprint density at radius 2 is 1.69 bits per heavy atom. The van der Waals surface area contributed by atoms with Crippen molar-refractivity contribution in [3.05, 3.63) is 53.1 Å². The predicted molar refractivity (Wildman–Crippen MR) is 109 cm³/mol. The van der Waals surface area contributed by atoms with Crippen molar-refractivity contribution in [3.8, 4) is 17.2 Å². The molecule has 0 aliphatic carbocycles. The van der Waals surface area contributed by atoms with E-state index in [0.29, 0.717) is 36.8 Å². The van der Waals surface area contributed by atoms with Crippen LogP contribution in [0.15, 0.2) is 36.4 Å². The molecule has 2 heterocycles. The average molecular weight is 397 g/mol. The predicted octanol–water partition coefficient (Wildman–Crippen LogP) is 3.42. The van der Waals surface area contributed by atoms with Crippen molar-refractivity contribution in [2.24, 2.45) is 0 Å². The van der Waals surface area contributed by atoms with E-state index in [2.05, 4.69) is 6.07 Å². The van der Waals surface area contributed by atoms with Gasteiger partial charge in [-0.15, -0.1) is 0 Å². The molecule has 154 valence electrons. The Balaban J connectivity index is 1.56. The third kappa shape index (κ3) is 3.53. The topological polar surface area (TPSA) is 57.2 Å². The molecule has 1 saturated heterocycles. The second kappa shape index (κ2) is 7.95. The first-order valence-electron chi connectivity index (χ1n) is 9.93. The van der Waals surface area contributed by atoms with Crippen LogP contribution in [-0.2, 0) is 16.8 Å². The first kappa shape index (κ1) is 19.6. The summed E-state index contributed by atoms with van der Waals surface area (Å²) in [6.45, 7) is 1.94. The molecule has 2 aromatic rings. The highest BCUT2D eigenvalue weighted by Crippen LogP contribution is 2.46. The Hall–Kier alpha value is -2.73. The molecule has 2 aromatic carbocycles. The molecule has 1 fully saturated rings. The lowest BCUT2D eigenvalue weighted by molar-refractivity contribution is -0.0946. The summed E-state index contributed by atoms with van der Waals surface area (Å²) in [4.78, 5) is 15.0. The van der Waals surface area contributed by atoms with Gasteiger partial charge in [0.1, 0.15) is 22.8 Å². The van der Waals surface area contributed by atoms with E-state index in [1.807, 2.05) is 17.0 Å². The number of hydrogen-bond donors (Lipinski definition) is 0. The largest absolute Gasteiger partial charge is 0.497 e. The lowest BCUT2D eigenvalue weighted by Crippen LogP contribution is -2.48. The number of carbonyl (C=O) groups excluding carboxylic acids is 1. The van der Waals surface area contributed by atoms with Crippen LogP contribution in [0.5, 0.6) is 17.2 Å². The zero-order chi connectivity index (χ0) is 20.4. The van der Waals surface area contributed by atoms with E-state index in [9.17, 15) is 4.79 Å². The van der Waals surface area contributed by atoms with Crippen molar-refractivity contribution in [3.63, 3.8) is 0 Å². The summed E-state index contributed by atoms with van der Waals surface area (Å²) in [6, 6.07) is 11.5. The Morgan fingerprint density at radius 1 is 1.00 bits per heavy atom. The van der Waals surface area contributed by atoms with Crippen LogP contribution in [-0.4, -0.2) is 51.8 Å². The molecule has 0 atom stereocenters. The molecule has 2 aliphatic heterocycles. The molecule has 1 spiro atoms. The van der Waals surface area contributed by atoms with Crippen LogP contribution < -0.4 is 14.2 Å². The lowest BCUT2D eigenvalue weighted by atomic mass is 9.78. The van der Waals surface area contributed by atoms with Crippen molar-refractivity contribution in [2.75, 3.05) is 41.0 Å². The van der Waals surface area contributed by atoms with E-state index < -0.39 is 0 Å². The van der Waals surface area contributed by atoms with Gasteiger partial charge < -0.3 is 23.8 Å². The molecule has 0 saturated carbocycles. The Kier molecular flexibility index (Phi) is 5.37. The first-order valence-corrected chi connectivity index (χ1v) is 9.93. The molecule has 0 N–H and O–H groups in total. The second-order valence-corrected chi connectivity index (χ2v) is 7.48. The zero-order valence-electron chi connectivity index (χ0n) is 17.2. The number of methoxy groups -OCH3 is 3. The molecular weight excluding hydrogens is 370 g/mol. The summed E-state index contributed by atoms with van der Waals surface area (Å²) in [7, 11) is 4.87. The highest BCUT2D eigenvalue weighted by atomic mass is 16.5. The molecular formula is C23H27NO5. The minimum atomic E-state index is -0.386. The Morgan fingerprint density at radius 3 is 2.31 bits per heavy atom. The summed E-state index contributed by atoms with van der Waals surface area (Å²) in [6.07, 6.45) is 2.38. The van der Waals surface area contributed by atoms with Gasteiger partial charge in [0, 0.05) is 30.3 Å². The fraction of sp³-hybridized carbons (Fsp3) is 0.435. The normalized spacial score (nSPS) is 17.6. The van der Waals surface area contributed by atoms with Gasteiger partial charge in [0.25, 0.3) is 5.91 Å². The molecule has 0 bridgehead atoms. The number of amides is 1. The van der Waals surface area contributed by atoms with Crippen molar-refractivity contribution >= 4 is 5.91 Å². The van der Waals surface area contributed by atoms with Gasteiger partial charge in [0.15, 0.2) is 0 Å². The Bertz CT molecular complexity index is 866. The Labute approximate surface area is 171 Å². The maximum Gasteiger partial charge on any atom is 0.254 e. The molecule has 29 heavy (non-hydrogen) atoms. The van der Waals surface area contributed by atoms with Gasteiger partial charge in [-0.25, -0.2) is 0 Å². The fourth-order valence-corrected chi connectivity index (χ4v) is 4.48. The summed E-state index contributed by atoms with van der Waals surface area (Å²) in [5.41, 5.74) is 2.62. The number of carbonyl (C=O) groups is 1. The van der Waals surface area contributed by atoms with E-state index in [-0.39, 0.29) is 11.5 Å². The summed E-state index contributed by atoms with van der Waals surface area (Å²) >= 11 is 0. The van der Waals surface area contributed by atoms with E-state index in [1.165, 1.54) is 5.56 Å². The highest BCUT2D eigenvalue weighted by molar-refractivity contribution is 5.95. The van der Waals surface area contributed by atoms with Crippen molar-refractivity contribution in [1.29, 1.82) is 0 Å². The van der Waals surface area contributed by atoms with Crippen LogP contribution in [0.4, 0.5) is 0 Å². The molecule has 6 nitrogen and oxygen atoms in total. The number of nitrogens with zero attached hydrogens (tertiary/aromatic N) is 1. The minimum Gasteiger partial charge on any atom is -0.497 e. The molecule has 1 amide bonds. The van der Waals surface area contributed by atoms with Crippen molar-refractivity contribution < 1.29 is 23.7 Å². The molecule has 0 radical (unpaired) electrons. The van der Waals surface area contributed by atoms with E-state index in [4.69, 9.17) is 18.9 Å². The molecule has 0 aromatic heterocycles. The van der Waals surface area contributed by atoms with Gasteiger partial charge in [-0.3, -0.25) is 4.79 Å². The van der Waals surface area contributed by atoms with E-state index >= 15 is 0 Å². The smallest absolute Gasteiger partial charge is 0.254 e. The number of likely N-dealkylation sites (tertiary alicyclic amines) is 1. The van der Waals surface area contributed by atoms with Crippen LogP contribution in [0.3, 0.4) is 0 Å². The van der Waals surface area contributed by atoms with Crippen LogP contribution in [0.25, 0.3) is 0 Å². The SMILES string of the molecule is COc1cc(OC)cc(C(=O)N2CCC3(CC2)OCCc2cccc(OC)c23)c1. The highest BCUT2D eigenvalue weighted by Gasteiger charge is 2.43. The number of piperidine rings is 1. The molecule has 6 heteroatoms. The van der Waals surface area contributed by atoms with E-state index in [0.717, 1.165) is 30.6 Å². The summed E-state index contributed by atoms with van der Waals surface area (Å²) in [5, 5.41) is 0. The van der Waals surface area contributed by atoms with Gasteiger partial charge in [-0.05, 0) is 43.0 Å². The summed E-state index contributed by atoms with van der Waals surface area (Å²) < 4.78 is 22.6. The minimum absolute atomic E-state index is 0.0203. The molecule has 0 unspecified atom stereocenters. The number of hydrogen-bond acceptors (Lipinski definition) is 5. The monoisotopic (exact) mass is 397 g/mol. The zero-order valence-corrected chi connectivity index (χ0v) is 17.2. The molecule has 4 rings (SSSR count). The maximum absolute atomic E-state index is 13.1. The quantitative estimate of drug-likeness (QED) is 0.791. The third-order valence-corrected chi connectivity index (χ3v) is 5.99. The average Bonchev–Trinajstić information content (AvgIpc) is 2.78. The van der Waals surface area contributed by atoms with Gasteiger partial charge in [-0.2, -0.15) is 0 Å². The van der Waals surface area contributed by atoms with Crippen LogP contribution in [0.2, 0.25) is 0 Å². The fourth-order valence-electron chi connectivity index (χ4n) is 4.48. The van der Waals surface area contributed by atoms with E-state index in [1.54, 1.807) is 39.5 Å². The van der Waals surface area contributed by atoms with Crippen LogP contribution >= 0.6 is 0 Å².